The summed E-state index contributed by atoms with van der Waals surface area (Å²) in [6.45, 7) is 1.68. The molecule has 2 unspecified atom stereocenters. The molecule has 1 aromatic carbocycles. The number of aliphatic hydroxyl groups excluding tert-OH is 2. The largest absolute Gasteiger partial charge is 0.485 e. The lowest BCUT2D eigenvalue weighted by Crippen LogP contribution is -2.38. The molecule has 1 fully saturated rings. The molecule has 9 nitrogen and oxygen atoms in total. The van der Waals surface area contributed by atoms with Crippen molar-refractivity contribution in [2.45, 2.75) is 31.5 Å². The number of rotatable bonds is 4. The maximum absolute atomic E-state index is 10.8. The van der Waals surface area contributed by atoms with Crippen molar-refractivity contribution in [3.8, 4) is 5.75 Å². The molecule has 0 spiro atoms. The molecule has 1 aliphatic rings. The zero-order valence-corrected chi connectivity index (χ0v) is 14.1. The first-order chi connectivity index (χ1) is 12.6. The van der Waals surface area contributed by atoms with Gasteiger partial charge in [-0.25, -0.2) is 15.0 Å². The number of benzene rings is 1. The Morgan fingerprint density at radius 3 is 2.73 bits per heavy atom. The molecule has 3 aromatic rings. The van der Waals surface area contributed by atoms with Crippen molar-refractivity contribution >= 4 is 17.0 Å². The normalized spacial score (nSPS) is 25.7. The van der Waals surface area contributed by atoms with Crippen LogP contribution >= 0.6 is 0 Å². The maximum Gasteiger partial charge on any atom is 0.167 e. The van der Waals surface area contributed by atoms with Crippen LogP contribution < -0.4 is 10.5 Å². The van der Waals surface area contributed by atoms with Gasteiger partial charge < -0.3 is 25.4 Å². The monoisotopic (exact) mass is 357 g/mol. The molecule has 4 atom stereocenters. The van der Waals surface area contributed by atoms with E-state index in [1.165, 1.54) is 12.7 Å². The number of aryl methyl sites for hydroxylation is 1. The van der Waals surface area contributed by atoms with Gasteiger partial charge in [-0.15, -0.1) is 0 Å². The molecule has 1 aliphatic heterocycles. The number of nitrogen functional groups attached to an aromatic ring is 1. The number of hydrogen-bond donors (Lipinski definition) is 3. The second-order valence-corrected chi connectivity index (χ2v) is 6.22. The summed E-state index contributed by atoms with van der Waals surface area (Å²) in [5.41, 5.74) is 7.76. The lowest BCUT2D eigenvalue weighted by Gasteiger charge is -2.21. The highest BCUT2D eigenvalue weighted by atomic mass is 16.6. The fourth-order valence-corrected chi connectivity index (χ4v) is 3.07. The van der Waals surface area contributed by atoms with Crippen LogP contribution in [0.15, 0.2) is 36.9 Å². The van der Waals surface area contributed by atoms with Crippen LogP contribution in [0.25, 0.3) is 11.2 Å². The molecule has 2 aromatic heterocycles. The SMILES string of the molecule is Cc1ccc(OC2C(O)[C@H](n3cnc4c(N)ncnc43)O[C@@H]2CO)cc1. The Bertz CT molecular complexity index is 913. The summed E-state index contributed by atoms with van der Waals surface area (Å²) < 4.78 is 13.3. The summed E-state index contributed by atoms with van der Waals surface area (Å²) in [5, 5.41) is 20.4. The van der Waals surface area contributed by atoms with Gasteiger partial charge in [0.2, 0.25) is 0 Å². The fourth-order valence-electron chi connectivity index (χ4n) is 3.07. The highest BCUT2D eigenvalue weighted by Gasteiger charge is 2.46. The van der Waals surface area contributed by atoms with Gasteiger partial charge in [0.05, 0.1) is 12.9 Å². The topological polar surface area (TPSA) is 129 Å². The lowest BCUT2D eigenvalue weighted by atomic mass is 10.1. The molecule has 3 heterocycles. The van der Waals surface area contributed by atoms with Gasteiger partial charge in [0.15, 0.2) is 23.8 Å². The standard InChI is InChI=1S/C17H19N5O4/c1-9-2-4-10(5-3-9)25-14-11(6-23)26-17(13(14)24)22-8-21-12-15(18)19-7-20-16(12)22/h2-5,7-8,11,13-14,17,23-24H,6H2,1H3,(H2,18,19,20)/t11-,13?,14?,17-/m1/s1. The molecule has 0 radical (unpaired) electrons. The molecular formula is C17H19N5O4. The summed E-state index contributed by atoms with van der Waals surface area (Å²) in [6, 6.07) is 7.44. The second kappa shape index (κ2) is 6.52. The van der Waals surface area contributed by atoms with Crippen molar-refractivity contribution in [1.29, 1.82) is 0 Å². The molecule has 4 N–H and O–H groups in total. The molecule has 1 saturated heterocycles. The first-order valence-corrected chi connectivity index (χ1v) is 8.19. The number of aliphatic hydroxyl groups is 2. The van der Waals surface area contributed by atoms with Gasteiger partial charge >= 0.3 is 0 Å². The van der Waals surface area contributed by atoms with Crippen molar-refractivity contribution < 1.29 is 19.7 Å². The number of hydrogen-bond acceptors (Lipinski definition) is 8. The summed E-state index contributed by atoms with van der Waals surface area (Å²) >= 11 is 0. The lowest BCUT2D eigenvalue weighted by molar-refractivity contribution is -0.0504. The van der Waals surface area contributed by atoms with Crippen LogP contribution in [0.2, 0.25) is 0 Å². The molecule has 0 saturated carbocycles. The molecule has 9 heteroatoms. The average Bonchev–Trinajstić information content (AvgIpc) is 3.20. The van der Waals surface area contributed by atoms with Crippen molar-refractivity contribution in [1.82, 2.24) is 19.5 Å². The molecular weight excluding hydrogens is 338 g/mol. The summed E-state index contributed by atoms with van der Waals surface area (Å²) in [4.78, 5) is 12.2. The van der Waals surface area contributed by atoms with Gasteiger partial charge in [-0.2, -0.15) is 0 Å². The highest BCUT2D eigenvalue weighted by molar-refractivity contribution is 5.81. The van der Waals surface area contributed by atoms with E-state index in [-0.39, 0.29) is 12.4 Å². The third-order valence-electron chi connectivity index (χ3n) is 4.44. The van der Waals surface area contributed by atoms with E-state index in [2.05, 4.69) is 15.0 Å². The van der Waals surface area contributed by atoms with Crippen LogP contribution in [-0.2, 0) is 4.74 Å². The number of anilines is 1. The van der Waals surface area contributed by atoms with Crippen molar-refractivity contribution in [3.05, 3.63) is 42.5 Å². The number of nitrogens with zero attached hydrogens (tertiary/aromatic N) is 4. The van der Waals surface area contributed by atoms with Crippen LogP contribution in [0, 0.1) is 6.92 Å². The van der Waals surface area contributed by atoms with Gasteiger partial charge in [-0.05, 0) is 19.1 Å². The zero-order chi connectivity index (χ0) is 18.3. The minimum atomic E-state index is -1.04. The number of imidazole rings is 1. The highest BCUT2D eigenvalue weighted by Crippen LogP contribution is 2.34. The van der Waals surface area contributed by atoms with E-state index in [4.69, 9.17) is 15.2 Å². The Labute approximate surface area is 149 Å². The first-order valence-electron chi connectivity index (χ1n) is 8.19. The summed E-state index contributed by atoms with van der Waals surface area (Å²) in [5.74, 6) is 0.830. The first kappa shape index (κ1) is 16.7. The Balaban J connectivity index is 1.64. The van der Waals surface area contributed by atoms with Crippen LogP contribution in [0.4, 0.5) is 5.82 Å². The molecule has 26 heavy (non-hydrogen) atoms. The smallest absolute Gasteiger partial charge is 0.167 e. The van der Waals surface area contributed by atoms with Crippen molar-refractivity contribution in [2.75, 3.05) is 12.3 Å². The van der Waals surface area contributed by atoms with Crippen LogP contribution in [0.3, 0.4) is 0 Å². The molecule has 0 amide bonds. The van der Waals surface area contributed by atoms with Gasteiger partial charge in [0.25, 0.3) is 0 Å². The van der Waals surface area contributed by atoms with E-state index in [1.807, 2.05) is 31.2 Å². The number of aromatic nitrogens is 4. The average molecular weight is 357 g/mol. The minimum absolute atomic E-state index is 0.243. The van der Waals surface area contributed by atoms with Crippen LogP contribution in [0.1, 0.15) is 11.8 Å². The second-order valence-electron chi connectivity index (χ2n) is 6.22. The molecule has 0 aliphatic carbocycles. The Kier molecular flexibility index (Phi) is 4.19. The van der Waals surface area contributed by atoms with Crippen molar-refractivity contribution in [2.24, 2.45) is 0 Å². The maximum atomic E-state index is 10.8. The number of fused-ring (bicyclic) bond motifs is 1. The van der Waals surface area contributed by atoms with Crippen molar-refractivity contribution in [3.63, 3.8) is 0 Å². The predicted octanol–water partition coefficient (Wildman–Crippen LogP) is 0.415. The number of ether oxygens (including phenoxy) is 2. The van der Waals surface area contributed by atoms with E-state index < -0.39 is 24.5 Å². The fraction of sp³-hybridized carbons (Fsp3) is 0.353. The van der Waals surface area contributed by atoms with E-state index in [9.17, 15) is 10.2 Å². The Morgan fingerprint density at radius 1 is 1.23 bits per heavy atom. The minimum Gasteiger partial charge on any atom is -0.485 e. The van der Waals surface area contributed by atoms with Gasteiger partial charge in [0.1, 0.15) is 29.8 Å². The number of nitrogens with two attached hydrogens (primary N) is 1. The van der Waals surface area contributed by atoms with Gasteiger partial charge in [0, 0.05) is 0 Å². The molecule has 0 bridgehead atoms. The third kappa shape index (κ3) is 2.75. The van der Waals surface area contributed by atoms with Gasteiger partial charge in [-0.3, -0.25) is 4.57 Å². The Hall–Kier alpha value is -2.75. The summed E-state index contributed by atoms with van der Waals surface area (Å²) in [7, 11) is 0. The summed E-state index contributed by atoms with van der Waals surface area (Å²) in [6.07, 6.45) is -0.506. The van der Waals surface area contributed by atoms with E-state index in [0.29, 0.717) is 16.9 Å². The Morgan fingerprint density at radius 2 is 2.00 bits per heavy atom. The van der Waals surface area contributed by atoms with E-state index in [1.54, 1.807) is 4.57 Å². The van der Waals surface area contributed by atoms with Crippen LogP contribution in [0.5, 0.6) is 5.75 Å². The van der Waals surface area contributed by atoms with E-state index >= 15 is 0 Å². The molecule has 136 valence electrons. The molecule has 4 rings (SSSR count). The van der Waals surface area contributed by atoms with Crippen LogP contribution in [-0.4, -0.2) is 54.7 Å². The third-order valence-corrected chi connectivity index (χ3v) is 4.44. The van der Waals surface area contributed by atoms with E-state index in [0.717, 1.165) is 5.56 Å². The van der Waals surface area contributed by atoms with Gasteiger partial charge in [-0.1, -0.05) is 17.7 Å². The zero-order valence-electron chi connectivity index (χ0n) is 14.1. The quantitative estimate of drug-likeness (QED) is 0.613. The predicted molar refractivity (Wildman–Crippen MR) is 92.3 cm³/mol.